The van der Waals surface area contributed by atoms with Gasteiger partial charge in [-0.15, -0.1) is 5.10 Å². The van der Waals surface area contributed by atoms with Gasteiger partial charge in [0.15, 0.2) is 11.5 Å². The van der Waals surface area contributed by atoms with Crippen LogP contribution in [-0.2, 0) is 0 Å². The fraction of sp³-hybridized carbons (Fsp3) is 0.0714. The van der Waals surface area contributed by atoms with Crippen molar-refractivity contribution >= 4 is 11.6 Å². The third-order valence-electron chi connectivity index (χ3n) is 2.87. The van der Waals surface area contributed by atoms with E-state index < -0.39 is 5.97 Å². The summed E-state index contributed by atoms with van der Waals surface area (Å²) in [4.78, 5) is 15.2. The third kappa shape index (κ3) is 2.06. The summed E-state index contributed by atoms with van der Waals surface area (Å²) in [5.41, 5.74) is 2.92. The number of aromatic carboxylic acids is 1. The van der Waals surface area contributed by atoms with Gasteiger partial charge < -0.3 is 5.11 Å². The summed E-state index contributed by atoms with van der Waals surface area (Å²) in [6.07, 6.45) is 1.90. The fourth-order valence-corrected chi connectivity index (χ4v) is 1.87. The number of rotatable bonds is 2. The fourth-order valence-electron chi connectivity index (χ4n) is 1.87. The smallest absolute Gasteiger partial charge is 0.335 e. The molecular formula is C14H11N3O2. The quantitative estimate of drug-likeness (QED) is 0.761. The normalized spacial score (nSPS) is 10.8. The predicted molar refractivity (Wildman–Crippen MR) is 70.1 cm³/mol. The van der Waals surface area contributed by atoms with Crippen molar-refractivity contribution in [3.63, 3.8) is 0 Å². The first-order valence-electron chi connectivity index (χ1n) is 5.80. The summed E-state index contributed by atoms with van der Waals surface area (Å²) >= 11 is 0. The molecule has 0 aliphatic heterocycles. The van der Waals surface area contributed by atoms with E-state index in [9.17, 15) is 4.79 Å². The van der Waals surface area contributed by atoms with Gasteiger partial charge in [-0.2, -0.15) is 0 Å². The van der Waals surface area contributed by atoms with Crippen LogP contribution in [0.15, 0.2) is 42.6 Å². The number of fused-ring (bicyclic) bond motifs is 1. The van der Waals surface area contributed by atoms with E-state index in [2.05, 4.69) is 10.1 Å². The van der Waals surface area contributed by atoms with Gasteiger partial charge in [-0.25, -0.2) is 14.3 Å². The van der Waals surface area contributed by atoms with Crippen molar-refractivity contribution in [2.45, 2.75) is 6.92 Å². The summed E-state index contributed by atoms with van der Waals surface area (Å²) in [5.74, 6) is -0.354. The molecule has 19 heavy (non-hydrogen) atoms. The molecular weight excluding hydrogens is 242 g/mol. The van der Waals surface area contributed by atoms with Gasteiger partial charge in [0.1, 0.15) is 0 Å². The van der Waals surface area contributed by atoms with Gasteiger partial charge in [0.2, 0.25) is 0 Å². The predicted octanol–water partition coefficient (Wildman–Crippen LogP) is 2.40. The van der Waals surface area contributed by atoms with Crippen molar-refractivity contribution in [3.05, 3.63) is 53.7 Å². The zero-order valence-electron chi connectivity index (χ0n) is 10.2. The molecule has 0 aliphatic carbocycles. The van der Waals surface area contributed by atoms with Gasteiger partial charge in [-0.05, 0) is 30.7 Å². The van der Waals surface area contributed by atoms with Gasteiger partial charge in [-0.3, -0.25) is 0 Å². The van der Waals surface area contributed by atoms with Crippen LogP contribution in [0, 0.1) is 6.92 Å². The Balaban J connectivity index is 2.06. The molecule has 0 saturated heterocycles. The highest BCUT2D eigenvalue weighted by Gasteiger charge is 2.08. The van der Waals surface area contributed by atoms with E-state index >= 15 is 0 Å². The standard InChI is InChI=1S/C14H11N3O2/c1-9-2-7-12-15-13(16-17(12)8-9)10-3-5-11(6-4-10)14(18)19/h2-8H,1H3,(H,18,19). The van der Waals surface area contributed by atoms with Crippen molar-refractivity contribution in [3.8, 4) is 11.4 Å². The van der Waals surface area contributed by atoms with E-state index in [1.165, 1.54) is 0 Å². The minimum atomic E-state index is -0.940. The van der Waals surface area contributed by atoms with Crippen molar-refractivity contribution in [1.29, 1.82) is 0 Å². The molecule has 2 aromatic heterocycles. The van der Waals surface area contributed by atoms with Crippen molar-refractivity contribution in [2.75, 3.05) is 0 Å². The summed E-state index contributed by atoms with van der Waals surface area (Å²) < 4.78 is 1.72. The van der Waals surface area contributed by atoms with Crippen molar-refractivity contribution < 1.29 is 9.90 Å². The van der Waals surface area contributed by atoms with E-state index in [1.807, 2.05) is 25.3 Å². The van der Waals surface area contributed by atoms with Crippen LogP contribution in [0.4, 0.5) is 0 Å². The number of carboxylic acid groups (broad SMARTS) is 1. The highest BCUT2D eigenvalue weighted by molar-refractivity contribution is 5.88. The molecule has 3 rings (SSSR count). The topological polar surface area (TPSA) is 67.5 Å². The molecule has 3 aromatic rings. The number of carboxylic acids is 1. The van der Waals surface area contributed by atoms with Gasteiger partial charge in [-0.1, -0.05) is 18.2 Å². The Morgan fingerprint density at radius 1 is 1.16 bits per heavy atom. The Hall–Kier alpha value is -2.69. The number of hydrogen-bond donors (Lipinski definition) is 1. The van der Waals surface area contributed by atoms with Crippen LogP contribution in [-0.4, -0.2) is 25.7 Å². The summed E-state index contributed by atoms with van der Waals surface area (Å²) in [6.45, 7) is 1.99. The van der Waals surface area contributed by atoms with Crippen LogP contribution in [0.2, 0.25) is 0 Å². The van der Waals surface area contributed by atoms with Crippen LogP contribution in [0.25, 0.3) is 17.0 Å². The average Bonchev–Trinajstić information content (AvgIpc) is 2.81. The molecule has 0 radical (unpaired) electrons. The van der Waals surface area contributed by atoms with E-state index in [1.54, 1.807) is 28.8 Å². The Morgan fingerprint density at radius 3 is 2.58 bits per heavy atom. The summed E-state index contributed by atoms with van der Waals surface area (Å²) in [6, 6.07) is 10.4. The zero-order valence-corrected chi connectivity index (χ0v) is 10.2. The minimum Gasteiger partial charge on any atom is -0.478 e. The van der Waals surface area contributed by atoms with Gasteiger partial charge in [0.25, 0.3) is 0 Å². The lowest BCUT2D eigenvalue weighted by Gasteiger charge is -1.96. The highest BCUT2D eigenvalue weighted by Crippen LogP contribution is 2.17. The maximum atomic E-state index is 10.8. The number of pyridine rings is 1. The molecule has 5 heteroatoms. The second kappa shape index (κ2) is 4.20. The van der Waals surface area contributed by atoms with Gasteiger partial charge >= 0.3 is 5.97 Å². The summed E-state index contributed by atoms with van der Waals surface area (Å²) in [5, 5.41) is 13.2. The lowest BCUT2D eigenvalue weighted by molar-refractivity contribution is 0.0697. The molecule has 0 spiro atoms. The average molecular weight is 253 g/mol. The maximum absolute atomic E-state index is 10.8. The first-order valence-corrected chi connectivity index (χ1v) is 5.80. The minimum absolute atomic E-state index is 0.253. The van der Waals surface area contributed by atoms with E-state index in [0.29, 0.717) is 5.82 Å². The molecule has 1 N–H and O–H groups in total. The molecule has 1 aromatic carbocycles. The number of aromatic nitrogens is 3. The molecule has 0 atom stereocenters. The van der Waals surface area contributed by atoms with Crippen LogP contribution in [0.3, 0.4) is 0 Å². The zero-order chi connectivity index (χ0) is 13.4. The second-order valence-electron chi connectivity index (χ2n) is 4.33. The lowest BCUT2D eigenvalue weighted by Crippen LogP contribution is -1.95. The monoisotopic (exact) mass is 253 g/mol. The molecule has 0 amide bonds. The van der Waals surface area contributed by atoms with Crippen LogP contribution < -0.4 is 0 Å². The van der Waals surface area contributed by atoms with Crippen LogP contribution in [0.5, 0.6) is 0 Å². The summed E-state index contributed by atoms with van der Waals surface area (Å²) in [7, 11) is 0. The molecule has 0 bridgehead atoms. The molecule has 0 fully saturated rings. The van der Waals surface area contributed by atoms with Crippen LogP contribution in [0.1, 0.15) is 15.9 Å². The Kier molecular flexibility index (Phi) is 2.52. The Morgan fingerprint density at radius 2 is 1.89 bits per heavy atom. The molecule has 2 heterocycles. The molecule has 0 unspecified atom stereocenters. The highest BCUT2D eigenvalue weighted by atomic mass is 16.4. The van der Waals surface area contributed by atoms with E-state index in [0.717, 1.165) is 16.8 Å². The second-order valence-corrected chi connectivity index (χ2v) is 4.33. The first kappa shape index (κ1) is 11.4. The number of benzene rings is 1. The van der Waals surface area contributed by atoms with Crippen molar-refractivity contribution in [2.24, 2.45) is 0 Å². The third-order valence-corrected chi connectivity index (χ3v) is 2.87. The lowest BCUT2D eigenvalue weighted by atomic mass is 10.1. The number of nitrogens with zero attached hydrogens (tertiary/aromatic N) is 3. The number of hydrogen-bond acceptors (Lipinski definition) is 3. The van der Waals surface area contributed by atoms with Crippen molar-refractivity contribution in [1.82, 2.24) is 14.6 Å². The Bertz CT molecular complexity index is 760. The molecule has 5 nitrogen and oxygen atoms in total. The van der Waals surface area contributed by atoms with Gasteiger partial charge in [0, 0.05) is 11.8 Å². The Labute approximate surface area is 109 Å². The molecule has 94 valence electrons. The molecule has 0 aliphatic rings. The molecule has 0 saturated carbocycles. The first-order chi connectivity index (χ1) is 9.13. The van der Waals surface area contributed by atoms with E-state index in [4.69, 9.17) is 5.11 Å². The van der Waals surface area contributed by atoms with Gasteiger partial charge in [0.05, 0.1) is 5.56 Å². The van der Waals surface area contributed by atoms with Crippen LogP contribution >= 0.6 is 0 Å². The number of carbonyl (C=O) groups is 1. The largest absolute Gasteiger partial charge is 0.478 e. The maximum Gasteiger partial charge on any atom is 0.335 e. The van der Waals surface area contributed by atoms with E-state index in [-0.39, 0.29) is 5.56 Å². The number of aryl methyl sites for hydroxylation is 1. The SMILES string of the molecule is Cc1ccc2nc(-c3ccc(C(=O)O)cc3)nn2c1.